The molecule has 1 aromatic carbocycles. The van der Waals surface area contributed by atoms with Gasteiger partial charge in [-0.3, -0.25) is 19.3 Å². The number of hydrogen-bond acceptors (Lipinski definition) is 4. The maximum atomic E-state index is 12.5. The van der Waals surface area contributed by atoms with Crippen LogP contribution in [0.3, 0.4) is 0 Å². The molecule has 0 unspecified atom stereocenters. The summed E-state index contributed by atoms with van der Waals surface area (Å²) in [5.74, 6) is 0.0785. The quantitative estimate of drug-likeness (QED) is 0.737. The second kappa shape index (κ2) is 6.46. The van der Waals surface area contributed by atoms with Crippen LogP contribution in [0, 0.1) is 11.8 Å². The van der Waals surface area contributed by atoms with E-state index in [4.69, 9.17) is 0 Å². The fraction of sp³-hybridized carbons (Fsp3) is 0.438. The first-order valence-corrected chi connectivity index (χ1v) is 8.48. The van der Waals surface area contributed by atoms with E-state index in [0.717, 1.165) is 22.5 Å². The van der Waals surface area contributed by atoms with Gasteiger partial charge in [0.2, 0.25) is 5.91 Å². The number of imide groups is 1. The first-order valence-electron chi connectivity index (χ1n) is 7.69. The van der Waals surface area contributed by atoms with Gasteiger partial charge in [0.15, 0.2) is 0 Å². The second-order valence-corrected chi connectivity index (χ2v) is 7.28. The Kier molecular flexibility index (Phi) is 4.68. The van der Waals surface area contributed by atoms with Crippen LogP contribution in [0.5, 0.6) is 0 Å². The molecular weight excluding hydrogens is 398 g/mol. The Bertz CT molecular complexity index is 715. The van der Waals surface area contributed by atoms with Gasteiger partial charge in [0.25, 0.3) is 11.8 Å². The Morgan fingerprint density at radius 1 is 1.12 bits per heavy atom. The predicted molar refractivity (Wildman–Crippen MR) is 93.2 cm³/mol. The van der Waals surface area contributed by atoms with Crippen molar-refractivity contribution in [2.24, 2.45) is 11.8 Å². The van der Waals surface area contributed by atoms with E-state index < -0.39 is 0 Å². The average Bonchev–Trinajstić information content (AvgIpc) is 3.17. The maximum Gasteiger partial charge on any atom is 0.262 e. The standard InChI is InChI=1S/C16H16BrN3O3.ClH/c17-11-1-2-12-13(3-11)16(23)20(15(12)22)8-14(21)19-6-9-4-18-5-10(9)7-19;/h1-3,9-10,18H,4-8H2;1H/t9-,10+;. The van der Waals surface area contributed by atoms with E-state index >= 15 is 0 Å². The van der Waals surface area contributed by atoms with Crippen LogP contribution < -0.4 is 5.32 Å². The Balaban J connectivity index is 0.00000169. The number of likely N-dealkylation sites (tertiary alicyclic amines) is 1. The van der Waals surface area contributed by atoms with E-state index in [0.29, 0.717) is 36.1 Å². The number of hydrogen-bond donors (Lipinski definition) is 1. The van der Waals surface area contributed by atoms with Crippen molar-refractivity contribution in [1.82, 2.24) is 15.1 Å². The lowest BCUT2D eigenvalue weighted by Gasteiger charge is -2.21. The monoisotopic (exact) mass is 413 g/mol. The lowest BCUT2D eigenvalue weighted by atomic mass is 10.0. The summed E-state index contributed by atoms with van der Waals surface area (Å²) in [4.78, 5) is 40.1. The van der Waals surface area contributed by atoms with Crippen LogP contribution in [0.1, 0.15) is 20.7 Å². The fourth-order valence-electron chi connectivity index (χ4n) is 3.70. The summed E-state index contributed by atoms with van der Waals surface area (Å²) in [6.07, 6.45) is 0. The normalized spacial score (nSPS) is 24.9. The molecule has 6 nitrogen and oxygen atoms in total. The summed E-state index contributed by atoms with van der Waals surface area (Å²) in [6.45, 7) is 3.14. The molecule has 2 fully saturated rings. The fourth-order valence-corrected chi connectivity index (χ4v) is 4.06. The molecular formula is C16H17BrClN3O3. The first kappa shape index (κ1) is 17.4. The van der Waals surface area contributed by atoms with Gasteiger partial charge in [-0.25, -0.2) is 0 Å². The predicted octanol–water partition coefficient (Wildman–Crippen LogP) is 1.14. The van der Waals surface area contributed by atoms with Gasteiger partial charge in [0, 0.05) is 30.7 Å². The molecule has 0 bridgehead atoms. The highest BCUT2D eigenvalue weighted by atomic mass is 79.9. The van der Waals surface area contributed by atoms with Gasteiger partial charge in [0.05, 0.1) is 11.1 Å². The molecule has 3 heterocycles. The molecule has 0 spiro atoms. The van der Waals surface area contributed by atoms with Gasteiger partial charge in [-0.1, -0.05) is 15.9 Å². The molecule has 3 amide bonds. The van der Waals surface area contributed by atoms with E-state index in [1.165, 1.54) is 0 Å². The minimum absolute atomic E-state index is 0. The SMILES string of the molecule is Cl.O=C(CN1C(=O)c2ccc(Br)cc2C1=O)N1C[C@H]2CNC[C@H]2C1. The molecule has 8 heteroatoms. The zero-order valence-corrected chi connectivity index (χ0v) is 15.2. The number of benzene rings is 1. The molecule has 2 saturated heterocycles. The molecule has 0 aromatic heterocycles. The third kappa shape index (κ3) is 2.74. The first-order chi connectivity index (χ1) is 11.0. The van der Waals surface area contributed by atoms with Gasteiger partial charge in [-0.15, -0.1) is 12.4 Å². The molecule has 0 aliphatic carbocycles. The van der Waals surface area contributed by atoms with Gasteiger partial charge >= 0.3 is 0 Å². The van der Waals surface area contributed by atoms with Gasteiger partial charge < -0.3 is 10.2 Å². The minimum atomic E-state index is -0.388. The van der Waals surface area contributed by atoms with Crippen molar-refractivity contribution in [3.05, 3.63) is 33.8 Å². The number of nitrogens with zero attached hydrogens (tertiary/aromatic N) is 2. The topological polar surface area (TPSA) is 69.7 Å². The third-order valence-corrected chi connectivity index (χ3v) is 5.46. The van der Waals surface area contributed by atoms with Crippen LogP contribution >= 0.6 is 28.3 Å². The van der Waals surface area contributed by atoms with Crippen LogP contribution in [-0.4, -0.2) is 60.2 Å². The molecule has 0 radical (unpaired) electrons. The van der Waals surface area contributed by atoms with Gasteiger partial charge in [-0.05, 0) is 30.0 Å². The molecule has 1 aromatic rings. The smallest absolute Gasteiger partial charge is 0.262 e. The van der Waals surface area contributed by atoms with E-state index in [1.807, 2.05) is 0 Å². The van der Waals surface area contributed by atoms with Crippen LogP contribution in [0.25, 0.3) is 0 Å². The number of nitrogens with one attached hydrogen (secondary N) is 1. The average molecular weight is 415 g/mol. The maximum absolute atomic E-state index is 12.5. The van der Waals surface area contributed by atoms with Crippen molar-refractivity contribution in [2.75, 3.05) is 32.7 Å². The number of carbonyl (C=O) groups is 3. The Morgan fingerprint density at radius 2 is 1.75 bits per heavy atom. The lowest BCUT2D eigenvalue weighted by Crippen LogP contribution is -2.42. The van der Waals surface area contributed by atoms with Gasteiger partial charge in [0.1, 0.15) is 6.54 Å². The Morgan fingerprint density at radius 3 is 2.42 bits per heavy atom. The molecule has 1 N–H and O–H groups in total. The molecule has 3 aliphatic heterocycles. The third-order valence-electron chi connectivity index (χ3n) is 4.97. The van der Waals surface area contributed by atoms with E-state index in [2.05, 4.69) is 21.2 Å². The number of carbonyl (C=O) groups excluding carboxylic acids is 3. The molecule has 128 valence electrons. The summed E-state index contributed by atoms with van der Waals surface area (Å²) >= 11 is 3.30. The van der Waals surface area contributed by atoms with E-state index in [-0.39, 0.29) is 36.7 Å². The Hall–Kier alpha value is -1.44. The minimum Gasteiger partial charge on any atom is -0.340 e. The van der Waals surface area contributed by atoms with Crippen LogP contribution in [-0.2, 0) is 4.79 Å². The zero-order chi connectivity index (χ0) is 16.1. The molecule has 3 aliphatic rings. The molecule has 24 heavy (non-hydrogen) atoms. The van der Waals surface area contributed by atoms with Crippen LogP contribution in [0.2, 0.25) is 0 Å². The number of rotatable bonds is 2. The largest absolute Gasteiger partial charge is 0.340 e. The second-order valence-electron chi connectivity index (χ2n) is 6.36. The van der Waals surface area contributed by atoms with Crippen molar-refractivity contribution < 1.29 is 14.4 Å². The zero-order valence-electron chi connectivity index (χ0n) is 12.8. The highest BCUT2D eigenvalue weighted by molar-refractivity contribution is 9.10. The van der Waals surface area contributed by atoms with Crippen molar-refractivity contribution in [2.45, 2.75) is 0 Å². The lowest BCUT2D eigenvalue weighted by molar-refractivity contribution is -0.130. The number of amides is 3. The van der Waals surface area contributed by atoms with Crippen molar-refractivity contribution in [3.8, 4) is 0 Å². The number of fused-ring (bicyclic) bond motifs is 2. The van der Waals surface area contributed by atoms with Crippen LogP contribution in [0.15, 0.2) is 22.7 Å². The highest BCUT2D eigenvalue weighted by Crippen LogP contribution is 2.28. The number of halogens is 2. The Labute approximate surface area is 154 Å². The van der Waals surface area contributed by atoms with Gasteiger partial charge in [-0.2, -0.15) is 0 Å². The molecule has 4 rings (SSSR count). The molecule has 2 atom stereocenters. The van der Waals surface area contributed by atoms with Crippen LogP contribution in [0.4, 0.5) is 0 Å². The summed E-state index contributed by atoms with van der Waals surface area (Å²) < 4.78 is 0.741. The molecule has 0 saturated carbocycles. The highest BCUT2D eigenvalue weighted by Gasteiger charge is 2.41. The summed E-state index contributed by atoms with van der Waals surface area (Å²) in [5, 5.41) is 3.33. The van der Waals surface area contributed by atoms with E-state index in [9.17, 15) is 14.4 Å². The van der Waals surface area contributed by atoms with Crippen molar-refractivity contribution in [3.63, 3.8) is 0 Å². The van der Waals surface area contributed by atoms with Crippen molar-refractivity contribution in [1.29, 1.82) is 0 Å². The van der Waals surface area contributed by atoms with E-state index in [1.54, 1.807) is 23.1 Å². The summed E-state index contributed by atoms with van der Waals surface area (Å²) in [5.41, 5.74) is 0.730. The summed E-state index contributed by atoms with van der Waals surface area (Å²) in [6, 6.07) is 4.98. The van der Waals surface area contributed by atoms with Crippen molar-refractivity contribution >= 4 is 46.1 Å². The summed E-state index contributed by atoms with van der Waals surface area (Å²) in [7, 11) is 0.